The third-order valence-electron chi connectivity index (χ3n) is 20.3. The van der Waals surface area contributed by atoms with Crippen LogP contribution in [0.2, 0.25) is 0 Å². The van der Waals surface area contributed by atoms with Gasteiger partial charge in [0.25, 0.3) is 35.4 Å². The minimum Gasteiger partial charge on any atom is -0.378 e. The molecule has 10 amide bonds. The number of amides is 10. The molecule has 4 saturated carbocycles. The Morgan fingerprint density at radius 3 is 1.56 bits per heavy atom. The van der Waals surface area contributed by atoms with E-state index in [0.717, 1.165) is 132 Å². The third kappa shape index (κ3) is 22.8. The van der Waals surface area contributed by atoms with Crippen molar-refractivity contribution in [3.8, 4) is 0 Å². The number of carbonyl (C=O) groups is 11. The lowest BCUT2D eigenvalue weighted by atomic mass is 9.43. The minimum absolute atomic E-state index is 0.0176. The lowest BCUT2D eigenvalue weighted by molar-refractivity contribution is -0.227. The fraction of sp³-hybridized carbons (Fsp3) is 0.750. The zero-order valence-electron chi connectivity index (χ0n) is 55.3. The van der Waals surface area contributed by atoms with Gasteiger partial charge in [-0.1, -0.05) is 20.8 Å². The normalized spacial score (nSPS) is 26.6. The van der Waals surface area contributed by atoms with Crippen LogP contribution in [0.15, 0.2) is 36.5 Å². The molecule has 21 nitrogen and oxygen atoms in total. The second-order valence-electron chi connectivity index (χ2n) is 26.4. The summed E-state index contributed by atoms with van der Waals surface area (Å²) in [6.07, 6.45) is 21.6. The second kappa shape index (κ2) is 39.0. The smallest absolute Gasteiger partial charge is 0.253 e. The van der Waals surface area contributed by atoms with Gasteiger partial charge in [0, 0.05) is 157 Å². The molecule has 3 heterocycles. The summed E-state index contributed by atoms with van der Waals surface area (Å²) >= 11 is 6.99. The van der Waals surface area contributed by atoms with Crippen molar-refractivity contribution in [3.63, 3.8) is 0 Å². The van der Waals surface area contributed by atoms with Crippen molar-refractivity contribution < 1.29 is 67.0 Å². The number of thioether (sulfide) groups is 4. The molecule has 0 aromatic heterocycles. The molecule has 11 atom stereocenters. The number of Topliss-reactive ketones (excluding diaryl/α,β-unsaturated/α-hetero) is 1. The summed E-state index contributed by atoms with van der Waals surface area (Å²) in [5, 5.41) is 11.7. The van der Waals surface area contributed by atoms with Crippen LogP contribution in [0.1, 0.15) is 150 Å². The Hall–Kier alpha value is -4.53. The van der Waals surface area contributed by atoms with Gasteiger partial charge in [-0.3, -0.25) is 67.4 Å². The van der Waals surface area contributed by atoms with Gasteiger partial charge < -0.3 is 35.5 Å². The van der Waals surface area contributed by atoms with E-state index >= 15 is 0 Å². The minimum atomic E-state index is -0.394. The Morgan fingerprint density at radius 1 is 0.527 bits per heavy atom. The number of hydrogen-bond donors (Lipinski definition) is 4. The van der Waals surface area contributed by atoms with Gasteiger partial charge in [0.15, 0.2) is 0 Å². The molecule has 7 rings (SSSR count). The van der Waals surface area contributed by atoms with Gasteiger partial charge in [-0.2, -0.15) is 35.3 Å². The maximum atomic E-state index is 13.4. The highest BCUT2D eigenvalue weighted by Gasteiger charge is 2.66. The molecule has 4 fully saturated rings. The van der Waals surface area contributed by atoms with Gasteiger partial charge in [-0.15, -0.1) is 11.8 Å². The van der Waals surface area contributed by atoms with E-state index in [1.807, 2.05) is 0 Å². The molecule has 0 spiro atoms. The van der Waals surface area contributed by atoms with Gasteiger partial charge in [-0.25, -0.2) is 0 Å². The van der Waals surface area contributed by atoms with Crippen molar-refractivity contribution in [1.29, 1.82) is 0 Å². The van der Waals surface area contributed by atoms with Crippen LogP contribution in [-0.2, 0) is 67.0 Å². The van der Waals surface area contributed by atoms with Gasteiger partial charge >= 0.3 is 0 Å². The lowest BCUT2D eigenvalue weighted by Crippen LogP contribution is -2.63. The molecule has 7 aliphatic rings. The Kier molecular flexibility index (Phi) is 31.8. The number of ether oxygens (including phenoxy) is 3. The number of carbonyl (C=O) groups excluding carboxylic acids is 11. The molecule has 3 aliphatic heterocycles. The highest BCUT2D eigenvalue weighted by Crippen LogP contribution is 2.69. The van der Waals surface area contributed by atoms with E-state index in [0.29, 0.717) is 112 Å². The van der Waals surface area contributed by atoms with Gasteiger partial charge in [0.05, 0.1) is 24.2 Å². The first kappa shape index (κ1) is 75.8. The lowest BCUT2D eigenvalue weighted by Gasteiger charge is -2.65. The molecule has 0 aromatic carbocycles. The molecule has 4 N–H and O–H groups in total. The molecule has 25 heteroatoms. The summed E-state index contributed by atoms with van der Waals surface area (Å²) in [6, 6.07) is 0. The molecule has 93 heavy (non-hydrogen) atoms. The number of fused-ring (bicyclic) bond motifs is 5. The molecule has 0 radical (unpaired) electrons. The average molecular weight is 1370 g/mol. The van der Waals surface area contributed by atoms with Crippen molar-refractivity contribution in [1.82, 2.24) is 36.0 Å². The maximum Gasteiger partial charge on any atom is 0.253 e. The summed E-state index contributed by atoms with van der Waals surface area (Å²) in [5.74, 6) is 6.18. The first-order chi connectivity index (χ1) is 44.8. The topological polar surface area (TPSA) is 273 Å². The number of nitrogens with zero attached hydrogens (tertiary/aromatic N) is 3. The SMILES string of the molecule is CC(=O)NCSCCCC(=O)CC[C@@H](C)[C@@H]1CCC2C3C(OCCCSCCNC(=O)CCCN4C(=O)C=CC4=O)CC4C[C@H](OCCCSCCNC(=O)CCCN5C(=O)C=CC5=O)CC[C@]4(C)C3C[C@H](OCCCSCCNC(=O)CCN3C(=O)C=CC3=O)[C@@]21C. The molecule has 0 aromatic rings. The van der Waals surface area contributed by atoms with E-state index in [-0.39, 0.29) is 115 Å². The number of nitrogens with one attached hydrogen (secondary N) is 4. The number of imide groups is 3. The van der Waals surface area contributed by atoms with E-state index < -0.39 is 11.8 Å². The molecular formula is C68H103N7O14S4. The van der Waals surface area contributed by atoms with Gasteiger partial charge in [0.2, 0.25) is 23.6 Å². The average Bonchev–Trinajstić information content (AvgIpc) is 1.68. The van der Waals surface area contributed by atoms with Crippen LogP contribution in [0.5, 0.6) is 0 Å². The molecule has 518 valence electrons. The predicted molar refractivity (Wildman–Crippen MR) is 365 cm³/mol. The molecule has 4 aliphatic carbocycles. The van der Waals surface area contributed by atoms with Crippen molar-refractivity contribution in [2.75, 3.05) is 105 Å². The zero-order valence-corrected chi connectivity index (χ0v) is 58.6. The van der Waals surface area contributed by atoms with Crippen LogP contribution in [-0.4, -0.2) is 203 Å². The van der Waals surface area contributed by atoms with Crippen LogP contribution in [0, 0.1) is 46.3 Å². The Labute approximate surface area is 567 Å². The first-order valence-electron chi connectivity index (χ1n) is 34.1. The Balaban J connectivity index is 0.943. The highest BCUT2D eigenvalue weighted by atomic mass is 32.2. The first-order valence-corrected chi connectivity index (χ1v) is 38.7. The summed E-state index contributed by atoms with van der Waals surface area (Å²) in [4.78, 5) is 137. The van der Waals surface area contributed by atoms with Gasteiger partial charge in [0.1, 0.15) is 5.78 Å². The van der Waals surface area contributed by atoms with E-state index in [9.17, 15) is 52.7 Å². The molecule has 0 saturated heterocycles. The van der Waals surface area contributed by atoms with Crippen LogP contribution in [0.25, 0.3) is 0 Å². The van der Waals surface area contributed by atoms with Crippen LogP contribution in [0.4, 0.5) is 0 Å². The summed E-state index contributed by atoms with van der Waals surface area (Å²) in [7, 11) is 0. The summed E-state index contributed by atoms with van der Waals surface area (Å²) in [5.41, 5.74) is -0.0881. The van der Waals surface area contributed by atoms with Crippen molar-refractivity contribution in [2.24, 2.45) is 46.3 Å². The number of ketones is 1. The molecular weight excluding hydrogens is 1270 g/mol. The number of rotatable bonds is 45. The van der Waals surface area contributed by atoms with Crippen molar-refractivity contribution >= 4 is 112 Å². The number of hydrogen-bond acceptors (Lipinski definition) is 18. The van der Waals surface area contributed by atoms with E-state index in [1.54, 1.807) is 47.0 Å². The third-order valence-corrected chi connectivity index (χ3v) is 24.5. The predicted octanol–water partition coefficient (Wildman–Crippen LogP) is 7.06. The summed E-state index contributed by atoms with van der Waals surface area (Å²) < 4.78 is 21.3. The van der Waals surface area contributed by atoms with Crippen LogP contribution >= 0.6 is 47.0 Å². The molecule has 5 unspecified atom stereocenters. The quantitative estimate of drug-likeness (QED) is 0.0270. The second-order valence-corrected chi connectivity index (χ2v) is 31.2. The van der Waals surface area contributed by atoms with Crippen molar-refractivity contribution in [2.45, 2.75) is 168 Å². The van der Waals surface area contributed by atoms with Crippen molar-refractivity contribution in [3.05, 3.63) is 36.5 Å². The summed E-state index contributed by atoms with van der Waals surface area (Å²) in [6.45, 7) is 12.9. The Morgan fingerprint density at radius 2 is 1.02 bits per heavy atom. The largest absolute Gasteiger partial charge is 0.378 e. The standard InChI is InChI=1S/C68H103N7O14S4/c1-47(14-15-50(77)11-7-36-93-46-72-48(2)76)52-16-17-53-66-54(45-56(68(52,53)4)89-35-10-39-92-42-29-71-59(80)25-32-75-64(85)22-23-65(75)86)67(3)26-24-51(87-33-8-37-90-40-27-69-57(78)12-5-30-73-60(81)18-19-61(73)82)43-49(67)44-55(66)88-34-9-38-91-41-28-70-58(79)13-6-31-74-62(83)20-21-63(74)84/h18-23,47,49,51-56,66H,5-17,24-46H2,1-4H3,(H,69,78)(H,70,79)(H,71,80)(H,72,76)/t47-,49?,51-,52+,53?,54?,55?,56+,66?,67+,68-/m1/s1. The van der Waals surface area contributed by atoms with E-state index in [4.69, 9.17) is 14.2 Å². The highest BCUT2D eigenvalue weighted by molar-refractivity contribution is 7.99. The van der Waals surface area contributed by atoms with Gasteiger partial charge in [-0.05, 0) is 154 Å². The van der Waals surface area contributed by atoms with Crippen LogP contribution < -0.4 is 21.3 Å². The fourth-order valence-corrected chi connectivity index (χ4v) is 18.6. The monoisotopic (exact) mass is 1370 g/mol. The maximum absolute atomic E-state index is 13.4. The zero-order chi connectivity index (χ0) is 66.8. The Bertz CT molecular complexity index is 2630. The van der Waals surface area contributed by atoms with Crippen LogP contribution in [0.3, 0.4) is 0 Å². The molecule has 0 bridgehead atoms. The van der Waals surface area contributed by atoms with E-state index in [1.165, 1.54) is 43.4 Å². The van der Waals surface area contributed by atoms with E-state index in [2.05, 4.69) is 42.0 Å². The fourth-order valence-electron chi connectivity index (χ4n) is 15.5.